The van der Waals surface area contributed by atoms with Gasteiger partial charge in [-0.3, -0.25) is 9.59 Å². The predicted molar refractivity (Wildman–Crippen MR) is 71.0 cm³/mol. The van der Waals surface area contributed by atoms with E-state index in [-0.39, 0.29) is 18.3 Å². The van der Waals surface area contributed by atoms with Crippen molar-refractivity contribution in [3.05, 3.63) is 23.2 Å². The minimum Gasteiger partial charge on any atom is -0.466 e. The van der Waals surface area contributed by atoms with Gasteiger partial charge in [0.05, 0.1) is 29.0 Å². The summed E-state index contributed by atoms with van der Waals surface area (Å²) in [6.07, 6.45) is 0.0658. The number of para-hydroxylation sites is 1. The maximum atomic E-state index is 11.9. The molecule has 4 nitrogen and oxygen atoms in total. The minimum absolute atomic E-state index is 0.0658. The maximum Gasteiger partial charge on any atom is 0.307 e. The zero-order valence-corrected chi connectivity index (χ0v) is 11.3. The number of fused-ring (bicyclic) bond motifs is 1. The average Bonchev–Trinajstić information content (AvgIpc) is 2.32. The second kappa shape index (κ2) is 5.63. The summed E-state index contributed by atoms with van der Waals surface area (Å²) in [7, 11) is 0. The number of amides is 1. The van der Waals surface area contributed by atoms with Crippen LogP contribution in [0.15, 0.2) is 23.1 Å². The van der Waals surface area contributed by atoms with Crippen molar-refractivity contribution >= 4 is 40.9 Å². The number of rotatable bonds is 3. The van der Waals surface area contributed by atoms with Crippen molar-refractivity contribution in [1.29, 1.82) is 0 Å². The summed E-state index contributed by atoms with van der Waals surface area (Å²) in [5.41, 5.74) is 0.620. The number of carbonyl (C=O) groups excluding carboxylic acids is 2. The van der Waals surface area contributed by atoms with Crippen LogP contribution in [0.1, 0.15) is 13.3 Å². The molecule has 1 aromatic carbocycles. The number of ether oxygens (including phenoxy) is 1. The second-order valence-electron chi connectivity index (χ2n) is 3.72. The van der Waals surface area contributed by atoms with Crippen LogP contribution in [-0.4, -0.2) is 23.7 Å². The van der Waals surface area contributed by atoms with Gasteiger partial charge in [-0.1, -0.05) is 17.7 Å². The van der Waals surface area contributed by atoms with Crippen molar-refractivity contribution in [2.75, 3.05) is 11.9 Å². The van der Waals surface area contributed by atoms with Crippen LogP contribution < -0.4 is 5.32 Å². The van der Waals surface area contributed by atoms with Crippen LogP contribution in [0.25, 0.3) is 0 Å². The minimum atomic E-state index is -0.463. The molecule has 6 heteroatoms. The lowest BCUT2D eigenvalue weighted by Gasteiger charge is -2.24. The highest BCUT2D eigenvalue weighted by molar-refractivity contribution is 8.01. The molecule has 0 radical (unpaired) electrons. The molecule has 1 atom stereocenters. The normalized spacial score (nSPS) is 17.9. The molecule has 1 amide bonds. The lowest BCUT2D eigenvalue weighted by molar-refractivity contribution is -0.143. The van der Waals surface area contributed by atoms with Crippen LogP contribution in [0, 0.1) is 0 Å². The SMILES string of the molecule is CCOC(=O)CC1Sc2cccc(Cl)c2NC1=O. The summed E-state index contributed by atoms with van der Waals surface area (Å²) in [4.78, 5) is 24.1. The van der Waals surface area contributed by atoms with E-state index in [2.05, 4.69) is 5.32 Å². The van der Waals surface area contributed by atoms with E-state index in [0.29, 0.717) is 17.3 Å². The number of hydrogen-bond donors (Lipinski definition) is 1. The molecular formula is C12H12ClNO3S. The molecular weight excluding hydrogens is 274 g/mol. The fraction of sp³-hybridized carbons (Fsp3) is 0.333. The molecule has 1 aliphatic heterocycles. The summed E-state index contributed by atoms with van der Waals surface area (Å²) in [5.74, 6) is -0.579. The first-order chi connectivity index (χ1) is 8.61. The van der Waals surface area contributed by atoms with E-state index in [1.54, 1.807) is 13.0 Å². The van der Waals surface area contributed by atoms with E-state index in [1.165, 1.54) is 11.8 Å². The summed E-state index contributed by atoms with van der Waals surface area (Å²) in [5, 5.41) is 2.77. The van der Waals surface area contributed by atoms with E-state index >= 15 is 0 Å². The molecule has 0 aliphatic carbocycles. The molecule has 1 aliphatic rings. The first-order valence-electron chi connectivity index (χ1n) is 5.53. The molecule has 0 spiro atoms. The highest BCUT2D eigenvalue weighted by atomic mass is 35.5. The number of benzene rings is 1. The van der Waals surface area contributed by atoms with Gasteiger partial charge in [-0.15, -0.1) is 11.8 Å². The van der Waals surface area contributed by atoms with Crippen molar-refractivity contribution in [3.63, 3.8) is 0 Å². The lowest BCUT2D eigenvalue weighted by atomic mass is 10.2. The van der Waals surface area contributed by atoms with Gasteiger partial charge in [-0.2, -0.15) is 0 Å². The summed E-state index contributed by atoms with van der Waals surface area (Å²) in [6, 6.07) is 5.39. The van der Waals surface area contributed by atoms with Crippen LogP contribution in [0.5, 0.6) is 0 Å². The Morgan fingerprint density at radius 2 is 2.33 bits per heavy atom. The van der Waals surface area contributed by atoms with Crippen LogP contribution in [0.3, 0.4) is 0 Å². The van der Waals surface area contributed by atoms with Crippen molar-refractivity contribution in [1.82, 2.24) is 0 Å². The van der Waals surface area contributed by atoms with Gasteiger partial charge in [0.1, 0.15) is 0 Å². The van der Waals surface area contributed by atoms with Gasteiger partial charge in [-0.25, -0.2) is 0 Å². The topological polar surface area (TPSA) is 55.4 Å². The van der Waals surface area contributed by atoms with Crippen molar-refractivity contribution in [2.45, 2.75) is 23.5 Å². The van der Waals surface area contributed by atoms with Crippen LogP contribution in [-0.2, 0) is 14.3 Å². The molecule has 18 heavy (non-hydrogen) atoms. The number of halogens is 1. The molecule has 0 saturated heterocycles. The van der Waals surface area contributed by atoms with Gasteiger partial charge in [0, 0.05) is 4.90 Å². The Morgan fingerprint density at radius 1 is 1.56 bits per heavy atom. The third-order valence-corrected chi connectivity index (χ3v) is 4.02. The summed E-state index contributed by atoms with van der Waals surface area (Å²) in [6.45, 7) is 2.06. The number of carbonyl (C=O) groups is 2. The third kappa shape index (κ3) is 2.79. The number of thioether (sulfide) groups is 1. The smallest absolute Gasteiger partial charge is 0.307 e. The Kier molecular flexibility index (Phi) is 4.14. The number of nitrogens with one attached hydrogen (secondary N) is 1. The van der Waals surface area contributed by atoms with Crippen molar-refractivity contribution in [3.8, 4) is 0 Å². The van der Waals surface area contributed by atoms with E-state index in [4.69, 9.17) is 16.3 Å². The molecule has 96 valence electrons. The molecule has 1 aromatic rings. The zero-order valence-electron chi connectivity index (χ0n) is 9.73. The molecule has 0 fully saturated rings. The molecule has 1 unspecified atom stereocenters. The van der Waals surface area contributed by atoms with E-state index in [0.717, 1.165) is 4.90 Å². The van der Waals surface area contributed by atoms with Gasteiger partial charge >= 0.3 is 5.97 Å². The highest BCUT2D eigenvalue weighted by Gasteiger charge is 2.30. The fourth-order valence-electron chi connectivity index (χ4n) is 1.64. The zero-order chi connectivity index (χ0) is 13.1. The monoisotopic (exact) mass is 285 g/mol. The Labute approximate surface area is 114 Å². The number of anilines is 1. The maximum absolute atomic E-state index is 11.9. The van der Waals surface area contributed by atoms with Gasteiger partial charge in [-0.05, 0) is 19.1 Å². The first-order valence-corrected chi connectivity index (χ1v) is 6.79. The van der Waals surface area contributed by atoms with E-state index in [9.17, 15) is 9.59 Å². The second-order valence-corrected chi connectivity index (χ2v) is 5.37. The Balaban J connectivity index is 2.13. The largest absolute Gasteiger partial charge is 0.466 e. The van der Waals surface area contributed by atoms with Gasteiger partial charge in [0.2, 0.25) is 5.91 Å². The van der Waals surface area contributed by atoms with Gasteiger partial charge in [0.25, 0.3) is 0 Å². The highest BCUT2D eigenvalue weighted by Crippen LogP contribution is 2.40. The van der Waals surface area contributed by atoms with E-state index in [1.807, 2.05) is 12.1 Å². The number of hydrogen-bond acceptors (Lipinski definition) is 4. The standard InChI is InChI=1S/C12H12ClNO3S/c1-2-17-10(15)6-9-12(16)14-11-7(13)4-3-5-8(11)18-9/h3-5,9H,2,6H2,1H3,(H,14,16). The molecule has 0 aromatic heterocycles. The first kappa shape index (κ1) is 13.2. The average molecular weight is 286 g/mol. The molecule has 2 rings (SSSR count). The van der Waals surface area contributed by atoms with Crippen molar-refractivity contribution in [2.24, 2.45) is 0 Å². The van der Waals surface area contributed by atoms with Crippen LogP contribution in [0.2, 0.25) is 5.02 Å². The third-order valence-electron chi connectivity index (χ3n) is 2.44. The Bertz CT molecular complexity index is 492. The molecule has 1 heterocycles. The lowest BCUT2D eigenvalue weighted by Crippen LogP contribution is -2.31. The Morgan fingerprint density at radius 3 is 3.06 bits per heavy atom. The molecule has 0 saturated carbocycles. The quantitative estimate of drug-likeness (QED) is 0.868. The van der Waals surface area contributed by atoms with Gasteiger partial charge < -0.3 is 10.1 Å². The Hall–Kier alpha value is -1.20. The van der Waals surface area contributed by atoms with E-state index < -0.39 is 5.25 Å². The molecule has 0 bridgehead atoms. The fourth-order valence-corrected chi connectivity index (χ4v) is 3.05. The summed E-state index contributed by atoms with van der Waals surface area (Å²) < 4.78 is 4.85. The van der Waals surface area contributed by atoms with Crippen molar-refractivity contribution < 1.29 is 14.3 Å². The van der Waals surface area contributed by atoms with Crippen LogP contribution in [0.4, 0.5) is 5.69 Å². The number of esters is 1. The molecule has 1 N–H and O–H groups in total. The summed E-state index contributed by atoms with van der Waals surface area (Å²) >= 11 is 7.33. The predicted octanol–water partition coefficient (Wildman–Crippen LogP) is 2.71. The van der Waals surface area contributed by atoms with Gasteiger partial charge in [0.15, 0.2) is 0 Å². The van der Waals surface area contributed by atoms with Crippen LogP contribution >= 0.6 is 23.4 Å².